The molecule has 0 aromatic carbocycles. The summed E-state index contributed by atoms with van der Waals surface area (Å²) in [6, 6.07) is 0.453. The summed E-state index contributed by atoms with van der Waals surface area (Å²) in [5.41, 5.74) is 0. The molecule has 0 spiro atoms. The molecule has 0 radical (unpaired) electrons. The van der Waals surface area contributed by atoms with Gasteiger partial charge in [0.1, 0.15) is 0 Å². The van der Waals surface area contributed by atoms with Crippen molar-refractivity contribution in [2.75, 3.05) is 47.0 Å². The van der Waals surface area contributed by atoms with Gasteiger partial charge in [-0.25, -0.2) is 0 Å². The number of piperidine rings is 1. The minimum absolute atomic E-state index is 0.359. The molecular formula is C15H32N2O2. The molecule has 0 aromatic heterocycles. The van der Waals surface area contributed by atoms with Gasteiger partial charge in [-0.15, -0.1) is 0 Å². The molecule has 1 fully saturated rings. The van der Waals surface area contributed by atoms with Gasteiger partial charge in [0, 0.05) is 33.4 Å². The molecule has 1 aliphatic rings. The summed E-state index contributed by atoms with van der Waals surface area (Å²) in [5, 5.41) is 3.55. The topological polar surface area (TPSA) is 33.7 Å². The monoisotopic (exact) mass is 272 g/mol. The van der Waals surface area contributed by atoms with Crippen molar-refractivity contribution in [1.82, 2.24) is 10.2 Å². The number of nitrogens with one attached hydrogen (secondary N) is 1. The molecule has 19 heavy (non-hydrogen) atoms. The zero-order valence-electron chi connectivity index (χ0n) is 13.3. The van der Waals surface area contributed by atoms with Crippen molar-refractivity contribution < 1.29 is 9.47 Å². The van der Waals surface area contributed by atoms with Crippen LogP contribution < -0.4 is 5.32 Å². The number of ether oxygens (including phenoxy) is 2. The highest BCUT2D eigenvalue weighted by Gasteiger charge is 2.29. The molecule has 1 saturated heterocycles. The van der Waals surface area contributed by atoms with Crippen LogP contribution >= 0.6 is 0 Å². The molecule has 0 saturated carbocycles. The van der Waals surface area contributed by atoms with Crippen LogP contribution in [0.1, 0.15) is 27.2 Å². The molecule has 1 heterocycles. The summed E-state index contributed by atoms with van der Waals surface area (Å²) in [7, 11) is 3.61. The van der Waals surface area contributed by atoms with E-state index in [1.54, 1.807) is 7.11 Å². The van der Waals surface area contributed by atoms with Crippen molar-refractivity contribution in [3.8, 4) is 0 Å². The Kier molecular flexibility index (Phi) is 7.91. The third-order valence-corrected chi connectivity index (χ3v) is 4.03. The number of methoxy groups -OCH3 is 2. The predicted molar refractivity (Wildman–Crippen MR) is 79.5 cm³/mol. The van der Waals surface area contributed by atoms with E-state index >= 15 is 0 Å². The molecule has 1 aliphatic heterocycles. The van der Waals surface area contributed by atoms with Crippen LogP contribution in [0, 0.1) is 11.8 Å². The van der Waals surface area contributed by atoms with E-state index in [1.165, 1.54) is 6.42 Å². The van der Waals surface area contributed by atoms with Crippen LogP contribution in [-0.4, -0.2) is 64.1 Å². The summed E-state index contributed by atoms with van der Waals surface area (Å²) in [6.45, 7) is 11.8. The van der Waals surface area contributed by atoms with Crippen LogP contribution in [-0.2, 0) is 9.47 Å². The van der Waals surface area contributed by atoms with Crippen molar-refractivity contribution in [3.05, 3.63) is 0 Å². The first kappa shape index (κ1) is 16.9. The molecule has 0 bridgehead atoms. The Morgan fingerprint density at radius 1 is 1.26 bits per heavy atom. The van der Waals surface area contributed by atoms with E-state index in [0.29, 0.717) is 24.0 Å². The highest BCUT2D eigenvalue weighted by atomic mass is 16.5. The molecule has 4 nitrogen and oxygen atoms in total. The predicted octanol–water partition coefficient (Wildman–Crippen LogP) is 1.60. The maximum atomic E-state index is 5.60. The van der Waals surface area contributed by atoms with Crippen LogP contribution in [0.4, 0.5) is 0 Å². The average Bonchev–Trinajstić information content (AvgIpc) is 2.38. The average molecular weight is 272 g/mol. The lowest BCUT2D eigenvalue weighted by Gasteiger charge is -2.40. The first-order chi connectivity index (χ1) is 9.08. The standard InChI is InChI=1S/C15H32N2O2/c1-12(2)8-16-9-14(11-18-4)17-7-6-13(3)15(10-17)19-5/h12-16H,6-11H2,1-5H3. The summed E-state index contributed by atoms with van der Waals surface area (Å²) in [4.78, 5) is 2.52. The third-order valence-electron chi connectivity index (χ3n) is 4.03. The first-order valence-corrected chi connectivity index (χ1v) is 7.55. The zero-order valence-corrected chi connectivity index (χ0v) is 13.3. The summed E-state index contributed by atoms with van der Waals surface area (Å²) < 4.78 is 11.0. The second kappa shape index (κ2) is 8.90. The van der Waals surface area contributed by atoms with E-state index in [-0.39, 0.29) is 0 Å². The Labute approximate surface area is 118 Å². The minimum atomic E-state index is 0.359. The van der Waals surface area contributed by atoms with E-state index in [9.17, 15) is 0 Å². The first-order valence-electron chi connectivity index (χ1n) is 7.55. The molecule has 114 valence electrons. The smallest absolute Gasteiger partial charge is 0.0724 e. The maximum absolute atomic E-state index is 5.60. The number of nitrogens with zero attached hydrogens (tertiary/aromatic N) is 1. The van der Waals surface area contributed by atoms with Gasteiger partial charge in [-0.05, 0) is 31.3 Å². The molecule has 0 aliphatic carbocycles. The fraction of sp³-hybridized carbons (Fsp3) is 1.00. The number of likely N-dealkylation sites (tertiary alicyclic amines) is 1. The Morgan fingerprint density at radius 3 is 2.58 bits per heavy atom. The van der Waals surface area contributed by atoms with Crippen LogP contribution in [0.2, 0.25) is 0 Å². The number of hydrogen-bond donors (Lipinski definition) is 1. The van der Waals surface area contributed by atoms with E-state index in [1.807, 2.05) is 7.11 Å². The molecule has 3 unspecified atom stereocenters. The van der Waals surface area contributed by atoms with Gasteiger partial charge in [-0.1, -0.05) is 20.8 Å². The van der Waals surface area contributed by atoms with E-state index < -0.39 is 0 Å². The lowest BCUT2D eigenvalue weighted by atomic mass is 9.94. The van der Waals surface area contributed by atoms with Crippen molar-refractivity contribution in [3.63, 3.8) is 0 Å². The Balaban J connectivity index is 2.45. The molecular weight excluding hydrogens is 240 g/mol. The second-order valence-corrected chi connectivity index (χ2v) is 6.20. The van der Waals surface area contributed by atoms with Gasteiger partial charge in [0.15, 0.2) is 0 Å². The van der Waals surface area contributed by atoms with Gasteiger partial charge in [0.05, 0.1) is 12.7 Å². The third kappa shape index (κ3) is 5.78. The van der Waals surface area contributed by atoms with E-state index in [4.69, 9.17) is 9.47 Å². The Hall–Kier alpha value is -0.160. The van der Waals surface area contributed by atoms with E-state index in [2.05, 4.69) is 31.0 Å². The molecule has 1 rings (SSSR count). The van der Waals surface area contributed by atoms with Crippen LogP contribution in [0.25, 0.3) is 0 Å². The zero-order chi connectivity index (χ0) is 14.3. The summed E-state index contributed by atoms with van der Waals surface area (Å²) >= 11 is 0. The highest BCUT2D eigenvalue weighted by molar-refractivity contribution is 4.84. The van der Waals surface area contributed by atoms with Gasteiger partial charge < -0.3 is 14.8 Å². The second-order valence-electron chi connectivity index (χ2n) is 6.20. The Morgan fingerprint density at radius 2 is 2.00 bits per heavy atom. The van der Waals surface area contributed by atoms with Gasteiger partial charge in [-0.3, -0.25) is 4.90 Å². The summed E-state index contributed by atoms with van der Waals surface area (Å²) in [6.07, 6.45) is 1.57. The normalized spacial score (nSPS) is 26.8. The quantitative estimate of drug-likeness (QED) is 0.728. The van der Waals surface area contributed by atoms with Crippen molar-refractivity contribution >= 4 is 0 Å². The fourth-order valence-corrected chi connectivity index (χ4v) is 2.72. The molecule has 3 atom stereocenters. The van der Waals surface area contributed by atoms with Gasteiger partial charge in [0.2, 0.25) is 0 Å². The van der Waals surface area contributed by atoms with Crippen molar-refractivity contribution in [2.24, 2.45) is 11.8 Å². The highest BCUT2D eigenvalue weighted by Crippen LogP contribution is 2.21. The van der Waals surface area contributed by atoms with Crippen LogP contribution in [0.15, 0.2) is 0 Å². The largest absolute Gasteiger partial charge is 0.383 e. The SMILES string of the molecule is COCC(CNCC(C)C)N1CCC(C)C(OC)C1. The van der Waals surface area contributed by atoms with Crippen molar-refractivity contribution in [2.45, 2.75) is 39.3 Å². The fourth-order valence-electron chi connectivity index (χ4n) is 2.72. The van der Waals surface area contributed by atoms with Crippen molar-refractivity contribution in [1.29, 1.82) is 0 Å². The number of rotatable bonds is 8. The lowest BCUT2D eigenvalue weighted by Crippen LogP contribution is -2.53. The maximum Gasteiger partial charge on any atom is 0.0724 e. The Bertz CT molecular complexity index is 236. The lowest BCUT2D eigenvalue weighted by molar-refractivity contribution is -0.0304. The van der Waals surface area contributed by atoms with Crippen LogP contribution in [0.5, 0.6) is 0 Å². The van der Waals surface area contributed by atoms with Gasteiger partial charge in [-0.2, -0.15) is 0 Å². The van der Waals surface area contributed by atoms with Crippen LogP contribution in [0.3, 0.4) is 0 Å². The molecule has 0 amide bonds. The number of hydrogen-bond acceptors (Lipinski definition) is 4. The molecule has 1 N–H and O–H groups in total. The minimum Gasteiger partial charge on any atom is -0.383 e. The molecule has 4 heteroatoms. The summed E-state index contributed by atoms with van der Waals surface area (Å²) in [5.74, 6) is 1.35. The van der Waals surface area contributed by atoms with Gasteiger partial charge >= 0.3 is 0 Å². The van der Waals surface area contributed by atoms with E-state index in [0.717, 1.165) is 32.8 Å². The molecule has 0 aromatic rings. The van der Waals surface area contributed by atoms with Gasteiger partial charge in [0.25, 0.3) is 0 Å².